The van der Waals surface area contributed by atoms with Crippen LogP contribution < -0.4 is 0 Å². The van der Waals surface area contributed by atoms with E-state index in [1.165, 1.54) is 18.2 Å². The lowest BCUT2D eigenvalue weighted by atomic mass is 9.91. The molecule has 3 rings (SSSR count). The first-order valence-electron chi connectivity index (χ1n) is 6.89. The van der Waals surface area contributed by atoms with Gasteiger partial charge in [-0.2, -0.15) is 0 Å². The Balaban J connectivity index is 2.30. The van der Waals surface area contributed by atoms with Crippen LogP contribution in [-0.4, -0.2) is 0 Å². The molecule has 3 aromatic carbocycles. The molecule has 0 heterocycles. The molecule has 0 atom stereocenters. The van der Waals surface area contributed by atoms with Gasteiger partial charge in [0.05, 0.1) is 0 Å². The van der Waals surface area contributed by atoms with E-state index in [0.717, 1.165) is 11.1 Å². The van der Waals surface area contributed by atoms with Gasteiger partial charge in [-0.15, -0.1) is 11.6 Å². The van der Waals surface area contributed by atoms with Crippen LogP contribution in [-0.2, 0) is 5.88 Å². The van der Waals surface area contributed by atoms with Crippen molar-refractivity contribution < 1.29 is 8.78 Å². The molecule has 0 nitrogen and oxygen atoms in total. The molecule has 0 amide bonds. The molecule has 0 radical (unpaired) electrons. The quantitative estimate of drug-likeness (QED) is 0.517. The molecule has 0 bridgehead atoms. The maximum Gasteiger partial charge on any atom is 0.131 e. The minimum absolute atomic E-state index is 0.257. The van der Waals surface area contributed by atoms with Crippen molar-refractivity contribution in [2.24, 2.45) is 0 Å². The van der Waals surface area contributed by atoms with E-state index in [9.17, 15) is 8.78 Å². The highest BCUT2D eigenvalue weighted by atomic mass is 35.5. The van der Waals surface area contributed by atoms with Crippen LogP contribution in [0.1, 0.15) is 5.56 Å². The summed E-state index contributed by atoms with van der Waals surface area (Å²) in [5.74, 6) is -0.390. The van der Waals surface area contributed by atoms with E-state index in [4.69, 9.17) is 11.6 Å². The van der Waals surface area contributed by atoms with Crippen molar-refractivity contribution in [3.8, 4) is 22.3 Å². The van der Waals surface area contributed by atoms with Gasteiger partial charge in [0, 0.05) is 11.4 Å². The molecule has 0 saturated heterocycles. The summed E-state index contributed by atoms with van der Waals surface area (Å²) in [6.07, 6.45) is 0. The van der Waals surface area contributed by atoms with Gasteiger partial charge in [-0.1, -0.05) is 48.5 Å². The maximum absolute atomic E-state index is 14.2. The summed E-state index contributed by atoms with van der Waals surface area (Å²) in [6, 6.07) is 18.4. The highest BCUT2D eigenvalue weighted by Gasteiger charge is 2.15. The molecule has 0 unspecified atom stereocenters. The smallest absolute Gasteiger partial charge is 0.131 e. The molecule has 0 fully saturated rings. The first kappa shape index (κ1) is 14.7. The lowest BCUT2D eigenvalue weighted by Crippen LogP contribution is -1.94. The second-order valence-corrected chi connectivity index (χ2v) is 5.23. The fourth-order valence-corrected chi connectivity index (χ4v) is 2.81. The fourth-order valence-electron chi connectivity index (χ4n) is 2.59. The van der Waals surface area contributed by atoms with Crippen molar-refractivity contribution in [3.63, 3.8) is 0 Å². The van der Waals surface area contributed by atoms with E-state index in [-0.39, 0.29) is 17.5 Å². The van der Waals surface area contributed by atoms with Crippen molar-refractivity contribution in [1.82, 2.24) is 0 Å². The minimum atomic E-state index is -0.326. The number of hydrogen-bond acceptors (Lipinski definition) is 0. The van der Waals surface area contributed by atoms with Gasteiger partial charge in [0.1, 0.15) is 11.6 Å². The van der Waals surface area contributed by atoms with Crippen LogP contribution in [0.5, 0.6) is 0 Å². The van der Waals surface area contributed by atoms with Gasteiger partial charge in [-0.05, 0) is 40.5 Å². The van der Waals surface area contributed by atoms with Gasteiger partial charge in [-0.3, -0.25) is 0 Å². The summed E-state index contributed by atoms with van der Waals surface area (Å²) in [5.41, 5.74) is 3.46. The third kappa shape index (κ3) is 2.75. The summed E-state index contributed by atoms with van der Waals surface area (Å²) >= 11 is 6.03. The third-order valence-electron chi connectivity index (χ3n) is 3.57. The Hall–Kier alpha value is -2.19. The molecule has 0 aromatic heterocycles. The average molecular weight is 315 g/mol. The lowest BCUT2D eigenvalue weighted by molar-refractivity contribution is 0.628. The summed E-state index contributed by atoms with van der Waals surface area (Å²) in [7, 11) is 0. The van der Waals surface area contributed by atoms with Crippen LogP contribution in [0.25, 0.3) is 22.3 Å². The van der Waals surface area contributed by atoms with Gasteiger partial charge in [0.2, 0.25) is 0 Å². The molecule has 3 aromatic rings. The molecule has 0 aliphatic rings. The number of rotatable bonds is 3. The van der Waals surface area contributed by atoms with Crippen molar-refractivity contribution in [2.75, 3.05) is 0 Å². The standard InChI is InChI=1S/C19H13ClF2/c20-12-14-6-4-9-16(13-5-3-7-15(21)11-13)19(14)17-8-1-2-10-18(17)22/h1-11H,12H2. The molecule has 0 spiro atoms. The van der Waals surface area contributed by atoms with E-state index in [1.807, 2.05) is 18.2 Å². The van der Waals surface area contributed by atoms with Crippen molar-refractivity contribution in [2.45, 2.75) is 5.88 Å². The monoisotopic (exact) mass is 314 g/mol. The largest absolute Gasteiger partial charge is 0.207 e. The average Bonchev–Trinajstić information content (AvgIpc) is 2.55. The van der Waals surface area contributed by atoms with E-state index in [2.05, 4.69) is 0 Å². The summed E-state index contributed by atoms with van der Waals surface area (Å²) in [6.45, 7) is 0. The second-order valence-electron chi connectivity index (χ2n) is 4.96. The van der Waals surface area contributed by atoms with Crippen molar-refractivity contribution in [1.29, 1.82) is 0 Å². The van der Waals surface area contributed by atoms with Crippen molar-refractivity contribution >= 4 is 11.6 Å². The molecule has 110 valence electrons. The van der Waals surface area contributed by atoms with Gasteiger partial charge >= 0.3 is 0 Å². The Bertz CT molecular complexity index is 812. The molecule has 0 aliphatic heterocycles. The van der Waals surface area contributed by atoms with Gasteiger partial charge < -0.3 is 0 Å². The number of benzene rings is 3. The zero-order valence-electron chi connectivity index (χ0n) is 11.7. The van der Waals surface area contributed by atoms with Crippen LogP contribution in [0.4, 0.5) is 8.78 Å². The summed E-state index contributed by atoms with van der Waals surface area (Å²) in [4.78, 5) is 0. The highest BCUT2D eigenvalue weighted by molar-refractivity contribution is 6.17. The van der Waals surface area contributed by atoms with E-state index in [1.54, 1.807) is 30.3 Å². The Kier molecular flexibility index (Phi) is 4.21. The molecule has 0 N–H and O–H groups in total. The summed E-state index contributed by atoms with van der Waals surface area (Å²) in [5, 5.41) is 0. The van der Waals surface area contributed by atoms with Gasteiger partial charge in [0.15, 0.2) is 0 Å². The summed E-state index contributed by atoms with van der Waals surface area (Å²) < 4.78 is 27.8. The number of hydrogen-bond donors (Lipinski definition) is 0. The van der Waals surface area contributed by atoms with Crippen LogP contribution in [0, 0.1) is 11.6 Å². The molecular weight excluding hydrogens is 302 g/mol. The van der Waals surface area contributed by atoms with Gasteiger partial charge in [-0.25, -0.2) is 8.78 Å². The Morgan fingerprint density at radius 1 is 0.773 bits per heavy atom. The second kappa shape index (κ2) is 6.29. The molecule has 22 heavy (non-hydrogen) atoms. The topological polar surface area (TPSA) is 0 Å². The van der Waals surface area contributed by atoms with E-state index in [0.29, 0.717) is 16.7 Å². The number of halogens is 3. The molecular formula is C19H13ClF2. The highest BCUT2D eigenvalue weighted by Crippen LogP contribution is 2.37. The number of alkyl halides is 1. The van der Waals surface area contributed by atoms with Crippen LogP contribution in [0.15, 0.2) is 66.7 Å². The Morgan fingerprint density at radius 3 is 2.23 bits per heavy atom. The van der Waals surface area contributed by atoms with Gasteiger partial charge in [0.25, 0.3) is 0 Å². The lowest BCUT2D eigenvalue weighted by Gasteiger charge is -2.15. The maximum atomic E-state index is 14.2. The fraction of sp³-hybridized carbons (Fsp3) is 0.0526. The zero-order valence-corrected chi connectivity index (χ0v) is 12.4. The SMILES string of the molecule is Fc1cccc(-c2cccc(CCl)c2-c2ccccc2F)c1. The first-order chi connectivity index (χ1) is 10.7. The van der Waals surface area contributed by atoms with E-state index >= 15 is 0 Å². The van der Waals surface area contributed by atoms with E-state index < -0.39 is 0 Å². The Morgan fingerprint density at radius 2 is 1.50 bits per heavy atom. The molecule has 3 heteroatoms. The predicted molar refractivity (Wildman–Crippen MR) is 86.8 cm³/mol. The first-order valence-corrected chi connectivity index (χ1v) is 7.43. The Labute approximate surface area is 133 Å². The molecule has 0 aliphatic carbocycles. The molecule has 0 saturated carbocycles. The van der Waals surface area contributed by atoms with Crippen LogP contribution >= 0.6 is 11.6 Å². The predicted octanol–water partition coefficient (Wildman–Crippen LogP) is 6.04. The zero-order chi connectivity index (χ0) is 15.5. The van der Waals surface area contributed by atoms with Crippen molar-refractivity contribution in [3.05, 3.63) is 83.9 Å². The van der Waals surface area contributed by atoms with Crippen LogP contribution in [0.3, 0.4) is 0 Å². The third-order valence-corrected chi connectivity index (χ3v) is 3.86. The normalized spacial score (nSPS) is 10.7. The van der Waals surface area contributed by atoms with Crippen LogP contribution in [0.2, 0.25) is 0 Å². The minimum Gasteiger partial charge on any atom is -0.207 e.